The van der Waals surface area contributed by atoms with Gasteiger partial charge in [-0.15, -0.1) is 0 Å². The van der Waals surface area contributed by atoms with E-state index in [9.17, 15) is 4.79 Å². The normalized spacial score (nSPS) is 19.7. The molecule has 1 saturated heterocycles. The molecule has 18 heavy (non-hydrogen) atoms. The average molecular weight is 307 g/mol. The fraction of sp³-hybridized carbons (Fsp3) is 0.250. The molecule has 1 fully saturated rings. The number of halogens is 1. The number of fused-ring (bicyclic) bond motifs is 1. The summed E-state index contributed by atoms with van der Waals surface area (Å²) in [4.78, 5) is 22.2. The van der Waals surface area contributed by atoms with Crippen LogP contribution < -0.4 is 10.6 Å². The fourth-order valence-corrected chi connectivity index (χ4v) is 2.72. The zero-order valence-electron chi connectivity index (χ0n) is 9.51. The highest BCUT2D eigenvalue weighted by molar-refractivity contribution is 9.09. The van der Waals surface area contributed by atoms with Crippen LogP contribution >= 0.6 is 15.9 Å². The van der Waals surface area contributed by atoms with Crippen LogP contribution in [0.15, 0.2) is 24.3 Å². The molecule has 92 valence electrons. The van der Waals surface area contributed by atoms with Crippen molar-refractivity contribution in [3.05, 3.63) is 24.3 Å². The van der Waals surface area contributed by atoms with Crippen molar-refractivity contribution in [2.75, 3.05) is 17.2 Å². The highest BCUT2D eigenvalue weighted by atomic mass is 79.9. The fourth-order valence-electron chi connectivity index (χ4n) is 2.15. The molecule has 0 aliphatic carbocycles. The Hall–Kier alpha value is -1.69. The molecular weight excluding hydrogens is 296 g/mol. The molecule has 6 heteroatoms. The molecule has 2 N–H and O–H groups in total. The zero-order chi connectivity index (χ0) is 12.7. The van der Waals surface area contributed by atoms with E-state index >= 15 is 0 Å². The van der Waals surface area contributed by atoms with Gasteiger partial charge in [0, 0.05) is 23.2 Å². The molecule has 1 atom stereocenters. The summed E-state index contributed by atoms with van der Waals surface area (Å²) >= 11 is 3.46. The van der Waals surface area contributed by atoms with E-state index in [2.05, 4.69) is 25.9 Å². The Kier molecular flexibility index (Phi) is 2.66. The highest BCUT2D eigenvalue weighted by Gasteiger charge is 2.31. The predicted octanol–water partition coefficient (Wildman–Crippen LogP) is 1.71. The predicted molar refractivity (Wildman–Crippen MR) is 73.6 cm³/mol. The lowest BCUT2D eigenvalue weighted by Gasteiger charge is -2.17. The van der Waals surface area contributed by atoms with E-state index < -0.39 is 0 Å². The number of carbonyl (C=O) groups is 1. The van der Waals surface area contributed by atoms with Crippen LogP contribution in [0.1, 0.15) is 6.42 Å². The molecule has 0 saturated carbocycles. The smallest absolute Gasteiger partial charge is 0.229 e. The van der Waals surface area contributed by atoms with Crippen molar-refractivity contribution >= 4 is 44.5 Å². The maximum Gasteiger partial charge on any atom is 0.229 e. The number of amides is 1. The van der Waals surface area contributed by atoms with Gasteiger partial charge in [-0.1, -0.05) is 28.1 Å². The Morgan fingerprint density at radius 1 is 1.33 bits per heavy atom. The van der Waals surface area contributed by atoms with Gasteiger partial charge < -0.3 is 5.73 Å². The number of aromatic nitrogens is 2. The van der Waals surface area contributed by atoms with Gasteiger partial charge in [0.15, 0.2) is 0 Å². The first-order chi connectivity index (χ1) is 8.65. The highest BCUT2D eigenvalue weighted by Crippen LogP contribution is 2.29. The first-order valence-corrected chi connectivity index (χ1v) is 6.53. The van der Waals surface area contributed by atoms with Gasteiger partial charge in [-0.25, -0.2) is 4.98 Å². The molecule has 1 amide bonds. The van der Waals surface area contributed by atoms with Crippen molar-refractivity contribution < 1.29 is 4.79 Å². The molecule has 3 rings (SSSR count). The Labute approximate surface area is 112 Å². The summed E-state index contributed by atoms with van der Waals surface area (Å²) < 4.78 is 0. The maximum atomic E-state index is 11.9. The van der Waals surface area contributed by atoms with Crippen LogP contribution in [-0.2, 0) is 4.79 Å². The van der Waals surface area contributed by atoms with Crippen LogP contribution in [0, 0.1) is 0 Å². The van der Waals surface area contributed by atoms with Gasteiger partial charge >= 0.3 is 0 Å². The SMILES string of the molecule is Nc1nc(N2CC(Br)CC2=O)c2ccccc2n1. The first kappa shape index (κ1) is 11.4. The second-order valence-electron chi connectivity index (χ2n) is 4.23. The summed E-state index contributed by atoms with van der Waals surface area (Å²) in [5.74, 6) is 0.847. The molecule has 2 aromatic rings. The van der Waals surface area contributed by atoms with E-state index in [0.29, 0.717) is 18.8 Å². The quantitative estimate of drug-likeness (QED) is 0.814. The minimum absolute atomic E-state index is 0.0557. The number of hydrogen-bond acceptors (Lipinski definition) is 4. The number of benzene rings is 1. The second-order valence-corrected chi connectivity index (χ2v) is 5.52. The molecule has 0 bridgehead atoms. The van der Waals surface area contributed by atoms with Gasteiger partial charge in [0.1, 0.15) is 5.82 Å². The lowest BCUT2D eigenvalue weighted by molar-refractivity contribution is -0.117. The summed E-state index contributed by atoms with van der Waals surface area (Å²) in [6.07, 6.45) is 0.484. The minimum Gasteiger partial charge on any atom is -0.368 e. The molecular formula is C12H11BrN4O. The molecule has 0 radical (unpaired) electrons. The van der Waals surface area contributed by atoms with Crippen LogP contribution in [0.5, 0.6) is 0 Å². The van der Waals surface area contributed by atoms with Crippen LogP contribution in [0.4, 0.5) is 11.8 Å². The minimum atomic E-state index is 0.0557. The number of carbonyl (C=O) groups excluding carboxylic acids is 1. The van der Waals surface area contributed by atoms with E-state index in [1.54, 1.807) is 4.90 Å². The molecule has 1 aromatic heterocycles. The van der Waals surface area contributed by atoms with Crippen LogP contribution in [-0.4, -0.2) is 27.2 Å². The van der Waals surface area contributed by atoms with E-state index in [1.807, 2.05) is 24.3 Å². The van der Waals surface area contributed by atoms with Crippen molar-refractivity contribution in [1.29, 1.82) is 0 Å². The number of rotatable bonds is 1. The summed E-state index contributed by atoms with van der Waals surface area (Å²) in [6, 6.07) is 7.55. The molecule has 1 unspecified atom stereocenters. The maximum absolute atomic E-state index is 11.9. The largest absolute Gasteiger partial charge is 0.368 e. The number of nitrogens with two attached hydrogens (primary N) is 1. The first-order valence-electron chi connectivity index (χ1n) is 5.62. The van der Waals surface area contributed by atoms with Gasteiger partial charge in [-0.3, -0.25) is 9.69 Å². The second kappa shape index (κ2) is 4.20. The molecule has 2 heterocycles. The van der Waals surface area contributed by atoms with Crippen molar-refractivity contribution in [2.24, 2.45) is 0 Å². The van der Waals surface area contributed by atoms with E-state index in [0.717, 1.165) is 10.9 Å². The molecule has 5 nitrogen and oxygen atoms in total. The number of anilines is 2. The number of nitrogens with zero attached hydrogens (tertiary/aromatic N) is 3. The zero-order valence-corrected chi connectivity index (χ0v) is 11.1. The third-order valence-corrected chi connectivity index (χ3v) is 3.55. The summed E-state index contributed by atoms with van der Waals surface area (Å²) in [7, 11) is 0. The Bertz CT molecular complexity index is 631. The number of para-hydroxylation sites is 1. The Morgan fingerprint density at radius 3 is 2.83 bits per heavy atom. The lowest BCUT2D eigenvalue weighted by atomic mass is 10.2. The van der Waals surface area contributed by atoms with Gasteiger partial charge in [-0.2, -0.15) is 4.98 Å². The Balaban J connectivity index is 2.19. The van der Waals surface area contributed by atoms with Crippen LogP contribution in [0.2, 0.25) is 0 Å². The number of alkyl halides is 1. The van der Waals surface area contributed by atoms with Crippen molar-refractivity contribution in [3.63, 3.8) is 0 Å². The summed E-state index contributed by atoms with van der Waals surface area (Å²) in [6.45, 7) is 0.610. The standard InChI is InChI=1S/C12H11BrN4O/c13-7-5-10(18)17(6-7)11-8-3-1-2-4-9(8)15-12(14)16-11/h1-4,7H,5-6H2,(H2,14,15,16). The average Bonchev–Trinajstić information content (AvgIpc) is 2.67. The Morgan fingerprint density at radius 2 is 2.11 bits per heavy atom. The molecule has 1 aliphatic heterocycles. The van der Waals surface area contributed by atoms with E-state index in [1.165, 1.54) is 0 Å². The van der Waals surface area contributed by atoms with Crippen molar-refractivity contribution in [3.8, 4) is 0 Å². The van der Waals surface area contributed by atoms with Gasteiger partial charge in [-0.05, 0) is 12.1 Å². The van der Waals surface area contributed by atoms with Gasteiger partial charge in [0.05, 0.1) is 5.52 Å². The van der Waals surface area contributed by atoms with Crippen LogP contribution in [0.3, 0.4) is 0 Å². The third-order valence-electron chi connectivity index (χ3n) is 2.93. The lowest BCUT2D eigenvalue weighted by Crippen LogP contribution is -2.26. The van der Waals surface area contributed by atoms with E-state index in [4.69, 9.17) is 5.73 Å². The third kappa shape index (κ3) is 1.82. The van der Waals surface area contributed by atoms with Gasteiger partial charge in [0.25, 0.3) is 0 Å². The molecule has 1 aliphatic rings. The monoisotopic (exact) mass is 306 g/mol. The molecule has 0 spiro atoms. The topological polar surface area (TPSA) is 72.1 Å². The van der Waals surface area contributed by atoms with Crippen molar-refractivity contribution in [2.45, 2.75) is 11.2 Å². The summed E-state index contributed by atoms with van der Waals surface area (Å²) in [5.41, 5.74) is 6.46. The molecule has 1 aromatic carbocycles. The van der Waals surface area contributed by atoms with Crippen LogP contribution in [0.25, 0.3) is 10.9 Å². The van der Waals surface area contributed by atoms with Gasteiger partial charge in [0.2, 0.25) is 11.9 Å². The number of nitrogen functional groups attached to an aromatic ring is 1. The summed E-state index contributed by atoms with van der Waals surface area (Å²) in [5, 5.41) is 0.849. The number of hydrogen-bond donors (Lipinski definition) is 1. The van der Waals surface area contributed by atoms with E-state index in [-0.39, 0.29) is 16.7 Å². The van der Waals surface area contributed by atoms with Crippen molar-refractivity contribution in [1.82, 2.24) is 9.97 Å².